The van der Waals surface area contributed by atoms with Gasteiger partial charge in [-0.3, -0.25) is 14.9 Å². The summed E-state index contributed by atoms with van der Waals surface area (Å²) in [5.74, 6) is -0.626. The average Bonchev–Trinajstić information content (AvgIpc) is 2.18. The molecule has 0 heterocycles. The molecule has 0 aliphatic carbocycles. The Morgan fingerprint density at radius 2 is 1.87 bits per heavy atom. The lowest BCUT2D eigenvalue weighted by molar-refractivity contribution is -0.542. The number of hydrogen-bond acceptors (Lipinski definition) is 3. The summed E-state index contributed by atoms with van der Waals surface area (Å²) in [4.78, 5) is 21.5. The highest BCUT2D eigenvalue weighted by Gasteiger charge is 2.40. The van der Waals surface area contributed by atoms with E-state index in [0.717, 1.165) is 0 Å². The van der Waals surface area contributed by atoms with Gasteiger partial charge in [0.1, 0.15) is 0 Å². The summed E-state index contributed by atoms with van der Waals surface area (Å²) in [5.41, 5.74) is -1.06. The van der Waals surface area contributed by atoms with E-state index in [1.165, 1.54) is 13.8 Å². The molecule has 0 aliphatic heterocycles. The van der Waals surface area contributed by atoms with Gasteiger partial charge in [-0.25, -0.2) is 0 Å². The van der Waals surface area contributed by atoms with Crippen LogP contribution in [0.15, 0.2) is 30.3 Å². The Balaban J connectivity index is 2.77. The van der Waals surface area contributed by atoms with Crippen molar-refractivity contribution >= 4 is 11.6 Å². The highest BCUT2D eigenvalue weighted by Crippen LogP contribution is 2.12. The van der Waals surface area contributed by atoms with Gasteiger partial charge in [0, 0.05) is 24.5 Å². The van der Waals surface area contributed by atoms with Crippen LogP contribution in [0.5, 0.6) is 0 Å². The van der Waals surface area contributed by atoms with E-state index in [1.54, 1.807) is 30.3 Å². The third-order valence-electron chi connectivity index (χ3n) is 2.04. The molecule has 0 saturated heterocycles. The number of carbonyl (C=O) groups excluding carboxylic acids is 1. The molecule has 0 aliphatic rings. The standard InChI is InChI=1S/C10H12N2O3/c1-10(2,12(14)15)9(13)11-8-6-4-3-5-7-8/h3-7H,1-2H3,(H,11,13). The lowest BCUT2D eigenvalue weighted by Crippen LogP contribution is -2.44. The predicted molar refractivity (Wildman–Crippen MR) is 56.1 cm³/mol. The first-order valence-corrected chi connectivity index (χ1v) is 4.45. The smallest absolute Gasteiger partial charge is 0.301 e. The Morgan fingerprint density at radius 1 is 1.33 bits per heavy atom. The van der Waals surface area contributed by atoms with Crippen LogP contribution in [0.3, 0.4) is 0 Å². The van der Waals surface area contributed by atoms with E-state index in [9.17, 15) is 14.9 Å². The number of rotatable bonds is 3. The van der Waals surface area contributed by atoms with Crippen LogP contribution in [-0.4, -0.2) is 16.4 Å². The Morgan fingerprint density at radius 3 is 2.33 bits per heavy atom. The molecule has 1 N–H and O–H groups in total. The molecule has 0 unspecified atom stereocenters. The number of carbonyl (C=O) groups is 1. The third kappa shape index (κ3) is 2.52. The van der Waals surface area contributed by atoms with Gasteiger partial charge in [-0.05, 0) is 12.1 Å². The maximum Gasteiger partial charge on any atom is 0.301 e. The lowest BCUT2D eigenvalue weighted by atomic mass is 10.1. The number of anilines is 1. The summed E-state index contributed by atoms with van der Waals surface area (Å²) in [6, 6.07) is 8.64. The van der Waals surface area contributed by atoms with Crippen molar-refractivity contribution in [1.29, 1.82) is 0 Å². The van der Waals surface area contributed by atoms with Gasteiger partial charge >= 0.3 is 5.91 Å². The maximum atomic E-state index is 11.5. The van der Waals surface area contributed by atoms with Crippen molar-refractivity contribution in [2.75, 3.05) is 5.32 Å². The van der Waals surface area contributed by atoms with Crippen molar-refractivity contribution in [3.63, 3.8) is 0 Å². The fourth-order valence-electron chi connectivity index (χ4n) is 0.888. The van der Waals surface area contributed by atoms with E-state index in [-0.39, 0.29) is 0 Å². The molecule has 0 radical (unpaired) electrons. The van der Waals surface area contributed by atoms with Gasteiger partial charge < -0.3 is 5.32 Å². The molecule has 0 atom stereocenters. The topological polar surface area (TPSA) is 72.2 Å². The van der Waals surface area contributed by atoms with E-state index in [1.807, 2.05) is 0 Å². The number of nitro groups is 1. The van der Waals surface area contributed by atoms with Crippen LogP contribution < -0.4 is 5.32 Å². The number of nitrogens with zero attached hydrogens (tertiary/aromatic N) is 1. The fourth-order valence-corrected chi connectivity index (χ4v) is 0.888. The highest BCUT2D eigenvalue weighted by atomic mass is 16.6. The Hall–Kier alpha value is -1.91. The molecule has 0 aromatic heterocycles. The third-order valence-corrected chi connectivity index (χ3v) is 2.04. The maximum absolute atomic E-state index is 11.5. The zero-order chi connectivity index (χ0) is 11.5. The first-order chi connectivity index (χ1) is 6.94. The molecule has 80 valence electrons. The first kappa shape index (κ1) is 11.2. The molecule has 1 aromatic rings. The van der Waals surface area contributed by atoms with Crippen molar-refractivity contribution in [2.45, 2.75) is 19.4 Å². The molecule has 1 amide bonds. The molecule has 0 bridgehead atoms. The van der Waals surface area contributed by atoms with E-state index < -0.39 is 16.4 Å². The van der Waals surface area contributed by atoms with Crippen molar-refractivity contribution < 1.29 is 9.72 Å². The van der Waals surface area contributed by atoms with Crippen LogP contribution in [0.1, 0.15) is 13.8 Å². The van der Waals surface area contributed by atoms with Crippen LogP contribution in [-0.2, 0) is 4.79 Å². The molecule has 5 nitrogen and oxygen atoms in total. The number of amides is 1. The monoisotopic (exact) mass is 208 g/mol. The van der Waals surface area contributed by atoms with Crippen LogP contribution in [0.2, 0.25) is 0 Å². The largest absolute Gasteiger partial charge is 0.320 e. The molecule has 0 spiro atoms. The molecule has 5 heteroatoms. The summed E-state index contributed by atoms with van der Waals surface area (Å²) in [5, 5.41) is 13.1. The SMILES string of the molecule is CC(C)(C(=O)Nc1ccccc1)[N+](=O)[O-]. The van der Waals surface area contributed by atoms with E-state index in [0.29, 0.717) is 5.69 Å². The number of hydrogen-bond donors (Lipinski definition) is 1. The Bertz CT molecular complexity index is 374. The predicted octanol–water partition coefficient (Wildman–Crippen LogP) is 1.68. The summed E-state index contributed by atoms with van der Waals surface area (Å²) in [6.07, 6.45) is 0. The minimum absolute atomic E-state index is 0.553. The minimum atomic E-state index is -1.62. The van der Waals surface area contributed by atoms with Gasteiger partial charge in [0.2, 0.25) is 0 Å². The van der Waals surface area contributed by atoms with Gasteiger partial charge in [-0.2, -0.15) is 0 Å². The second-order valence-corrected chi connectivity index (χ2v) is 3.64. The molecular weight excluding hydrogens is 196 g/mol. The van der Waals surface area contributed by atoms with Crippen molar-refractivity contribution in [2.24, 2.45) is 0 Å². The van der Waals surface area contributed by atoms with Gasteiger partial charge in [-0.15, -0.1) is 0 Å². The van der Waals surface area contributed by atoms with Gasteiger partial charge in [0.15, 0.2) is 0 Å². The van der Waals surface area contributed by atoms with Crippen LogP contribution in [0.25, 0.3) is 0 Å². The molecule has 1 rings (SSSR count). The second-order valence-electron chi connectivity index (χ2n) is 3.64. The van der Waals surface area contributed by atoms with Crippen molar-refractivity contribution in [1.82, 2.24) is 0 Å². The zero-order valence-electron chi connectivity index (χ0n) is 8.56. The molecular formula is C10H12N2O3. The summed E-state index contributed by atoms with van der Waals surface area (Å²) >= 11 is 0. The van der Waals surface area contributed by atoms with E-state index in [4.69, 9.17) is 0 Å². The quantitative estimate of drug-likeness (QED) is 0.606. The molecule has 1 aromatic carbocycles. The average molecular weight is 208 g/mol. The zero-order valence-corrected chi connectivity index (χ0v) is 8.56. The molecule has 0 saturated carbocycles. The van der Waals surface area contributed by atoms with Gasteiger partial charge in [-0.1, -0.05) is 18.2 Å². The van der Waals surface area contributed by atoms with Crippen LogP contribution >= 0.6 is 0 Å². The summed E-state index contributed by atoms with van der Waals surface area (Å²) in [6.45, 7) is 2.54. The number of nitrogens with one attached hydrogen (secondary N) is 1. The van der Waals surface area contributed by atoms with E-state index >= 15 is 0 Å². The lowest BCUT2D eigenvalue weighted by Gasteiger charge is -2.14. The minimum Gasteiger partial charge on any atom is -0.320 e. The Labute approximate surface area is 87.3 Å². The second kappa shape index (κ2) is 4.08. The molecule has 15 heavy (non-hydrogen) atoms. The normalized spacial score (nSPS) is 10.8. The van der Waals surface area contributed by atoms with E-state index in [2.05, 4.69) is 5.32 Å². The Kier molecular flexibility index (Phi) is 3.04. The van der Waals surface area contributed by atoms with Gasteiger partial charge in [0.25, 0.3) is 5.54 Å². The first-order valence-electron chi connectivity index (χ1n) is 4.45. The number of benzene rings is 1. The van der Waals surface area contributed by atoms with Crippen molar-refractivity contribution in [3.05, 3.63) is 40.4 Å². The van der Waals surface area contributed by atoms with Gasteiger partial charge in [0.05, 0.1) is 0 Å². The summed E-state index contributed by atoms with van der Waals surface area (Å²) < 4.78 is 0. The van der Waals surface area contributed by atoms with Crippen LogP contribution in [0, 0.1) is 10.1 Å². The highest BCUT2D eigenvalue weighted by molar-refractivity contribution is 5.96. The summed E-state index contributed by atoms with van der Waals surface area (Å²) in [7, 11) is 0. The fraction of sp³-hybridized carbons (Fsp3) is 0.300. The number of para-hydroxylation sites is 1. The van der Waals surface area contributed by atoms with Crippen molar-refractivity contribution in [3.8, 4) is 0 Å². The van der Waals surface area contributed by atoms with Crippen LogP contribution in [0.4, 0.5) is 5.69 Å². The molecule has 0 fully saturated rings.